The molecule has 0 bridgehead atoms. The summed E-state index contributed by atoms with van der Waals surface area (Å²) in [6.07, 6.45) is -3.27. The van der Waals surface area contributed by atoms with Gasteiger partial charge in [0, 0.05) is 22.2 Å². The van der Waals surface area contributed by atoms with Crippen LogP contribution < -0.4 is 5.32 Å². The van der Waals surface area contributed by atoms with E-state index in [4.69, 9.17) is 11.6 Å². The number of Topliss-reactive ketones (excluding diaryl/α,β-unsaturated/α-hetero) is 1. The van der Waals surface area contributed by atoms with Gasteiger partial charge >= 0.3 is 6.18 Å². The Labute approximate surface area is 186 Å². The van der Waals surface area contributed by atoms with Crippen LogP contribution in [0.5, 0.6) is 0 Å². The number of fused-ring (bicyclic) bond motifs is 1. The molecule has 1 aliphatic heterocycles. The number of likely N-dealkylation sites (tertiary alicyclic amines) is 1. The van der Waals surface area contributed by atoms with Crippen LogP contribution in [0.4, 0.5) is 18.9 Å². The van der Waals surface area contributed by atoms with Crippen molar-refractivity contribution in [1.29, 1.82) is 0 Å². The van der Waals surface area contributed by atoms with Gasteiger partial charge in [0.05, 0.1) is 17.6 Å². The molecule has 32 heavy (non-hydrogen) atoms. The molecule has 0 atom stereocenters. The third-order valence-electron chi connectivity index (χ3n) is 5.49. The number of nitrogens with zero attached hydrogens (tertiary/aromatic N) is 2. The zero-order valence-electron chi connectivity index (χ0n) is 16.9. The maximum atomic E-state index is 12.8. The minimum absolute atomic E-state index is 0.0804. The predicted octanol–water partition coefficient (Wildman–Crippen LogP) is 4.77. The Hall–Kier alpha value is -2.91. The highest BCUT2D eigenvalue weighted by molar-refractivity contribution is 6.30. The number of ketones is 1. The van der Waals surface area contributed by atoms with Crippen LogP contribution in [0.3, 0.4) is 0 Å². The van der Waals surface area contributed by atoms with E-state index < -0.39 is 12.0 Å². The molecule has 2 heterocycles. The molecule has 168 valence electrons. The SMILES string of the molecule is O=C(CN1CCC(C(=O)c2ccc(Cl)cc2)CC1)Nc1ccc2nc(C(F)(F)F)[nH]c2c1. The maximum absolute atomic E-state index is 12.8. The number of carbonyl (C=O) groups is 2. The molecule has 0 spiro atoms. The van der Waals surface area contributed by atoms with Crippen LogP contribution in [0, 0.1) is 5.92 Å². The Morgan fingerprint density at radius 2 is 1.81 bits per heavy atom. The molecule has 6 nitrogen and oxygen atoms in total. The summed E-state index contributed by atoms with van der Waals surface area (Å²) in [6.45, 7) is 1.34. The number of hydrogen-bond acceptors (Lipinski definition) is 4. The fourth-order valence-electron chi connectivity index (χ4n) is 3.83. The lowest BCUT2D eigenvalue weighted by molar-refractivity contribution is -0.144. The highest BCUT2D eigenvalue weighted by atomic mass is 35.5. The lowest BCUT2D eigenvalue weighted by Crippen LogP contribution is -2.40. The Morgan fingerprint density at radius 3 is 2.47 bits per heavy atom. The van der Waals surface area contributed by atoms with Crippen LogP contribution in [0.1, 0.15) is 29.0 Å². The third-order valence-corrected chi connectivity index (χ3v) is 5.74. The zero-order valence-corrected chi connectivity index (χ0v) is 17.6. The van der Waals surface area contributed by atoms with Crippen LogP contribution in [0.2, 0.25) is 5.02 Å². The Balaban J connectivity index is 1.30. The van der Waals surface area contributed by atoms with Crippen molar-refractivity contribution in [3.8, 4) is 0 Å². The molecule has 10 heteroatoms. The van der Waals surface area contributed by atoms with E-state index in [1.807, 2.05) is 4.90 Å². The fraction of sp³-hybridized carbons (Fsp3) is 0.318. The van der Waals surface area contributed by atoms with E-state index in [2.05, 4.69) is 15.3 Å². The van der Waals surface area contributed by atoms with Crippen molar-refractivity contribution in [3.63, 3.8) is 0 Å². The number of carbonyl (C=O) groups excluding carboxylic acids is 2. The van der Waals surface area contributed by atoms with E-state index in [-0.39, 0.29) is 35.2 Å². The van der Waals surface area contributed by atoms with Gasteiger partial charge in [-0.05, 0) is 68.4 Å². The molecule has 1 fully saturated rings. The first-order valence-corrected chi connectivity index (χ1v) is 10.5. The highest BCUT2D eigenvalue weighted by Crippen LogP contribution is 2.29. The highest BCUT2D eigenvalue weighted by Gasteiger charge is 2.34. The van der Waals surface area contributed by atoms with Crippen LogP contribution >= 0.6 is 11.6 Å². The molecule has 0 aliphatic carbocycles. The van der Waals surface area contributed by atoms with Gasteiger partial charge in [0.15, 0.2) is 5.78 Å². The Morgan fingerprint density at radius 1 is 1.12 bits per heavy atom. The number of alkyl halides is 3. The molecule has 0 saturated carbocycles. The van der Waals surface area contributed by atoms with Crippen LogP contribution in [-0.2, 0) is 11.0 Å². The monoisotopic (exact) mass is 464 g/mol. The fourth-order valence-corrected chi connectivity index (χ4v) is 3.95. The molecular weight excluding hydrogens is 445 g/mol. The number of piperidine rings is 1. The Kier molecular flexibility index (Phi) is 6.21. The minimum atomic E-state index is -4.57. The molecule has 3 aromatic rings. The first kappa shape index (κ1) is 22.3. The van der Waals surface area contributed by atoms with Crippen molar-refractivity contribution in [2.45, 2.75) is 19.0 Å². The van der Waals surface area contributed by atoms with Gasteiger partial charge in [-0.3, -0.25) is 14.5 Å². The number of anilines is 1. The molecule has 4 rings (SSSR count). The first-order valence-electron chi connectivity index (χ1n) is 10.1. The largest absolute Gasteiger partial charge is 0.449 e. The summed E-state index contributed by atoms with van der Waals surface area (Å²) >= 11 is 5.87. The topological polar surface area (TPSA) is 78.1 Å². The van der Waals surface area contributed by atoms with Crippen molar-refractivity contribution < 1.29 is 22.8 Å². The minimum Gasteiger partial charge on any atom is -0.334 e. The standard InChI is InChI=1S/C22H20ClF3N4O2/c23-15-3-1-13(2-4-15)20(32)14-7-9-30(10-8-14)12-19(31)27-16-5-6-17-18(11-16)29-21(28-17)22(24,25)26/h1-6,11,14H,7-10,12H2,(H,27,31)(H,28,29). The molecule has 0 unspecified atom stereocenters. The van der Waals surface area contributed by atoms with Gasteiger partial charge in [0.2, 0.25) is 11.7 Å². The molecule has 1 amide bonds. The number of imidazole rings is 1. The summed E-state index contributed by atoms with van der Waals surface area (Å²) in [4.78, 5) is 32.7. The van der Waals surface area contributed by atoms with Gasteiger partial charge in [-0.2, -0.15) is 13.2 Å². The summed E-state index contributed by atoms with van der Waals surface area (Å²) in [5.41, 5.74) is 1.38. The van der Waals surface area contributed by atoms with Gasteiger partial charge in [-0.15, -0.1) is 0 Å². The quantitative estimate of drug-likeness (QED) is 0.533. The van der Waals surface area contributed by atoms with Gasteiger partial charge < -0.3 is 10.3 Å². The normalized spacial score (nSPS) is 15.8. The van der Waals surface area contributed by atoms with Gasteiger partial charge in [0.25, 0.3) is 0 Å². The second-order valence-electron chi connectivity index (χ2n) is 7.78. The molecule has 2 N–H and O–H groups in total. The first-order chi connectivity index (χ1) is 15.2. The number of rotatable bonds is 5. The summed E-state index contributed by atoms with van der Waals surface area (Å²) in [5, 5.41) is 3.28. The maximum Gasteiger partial charge on any atom is 0.449 e. The van der Waals surface area contributed by atoms with Crippen molar-refractivity contribution in [2.24, 2.45) is 5.92 Å². The number of aromatic amines is 1. The lowest BCUT2D eigenvalue weighted by Gasteiger charge is -2.30. The van der Waals surface area contributed by atoms with E-state index in [0.717, 1.165) is 0 Å². The van der Waals surface area contributed by atoms with Gasteiger partial charge in [-0.1, -0.05) is 11.6 Å². The van der Waals surface area contributed by atoms with Gasteiger partial charge in [-0.25, -0.2) is 4.98 Å². The number of halogens is 4. The molecular formula is C22H20ClF3N4O2. The van der Waals surface area contributed by atoms with Crippen LogP contribution in [0.15, 0.2) is 42.5 Å². The van der Waals surface area contributed by atoms with E-state index in [9.17, 15) is 22.8 Å². The number of benzene rings is 2. The second-order valence-corrected chi connectivity index (χ2v) is 8.22. The van der Waals surface area contributed by atoms with E-state index >= 15 is 0 Å². The van der Waals surface area contributed by atoms with Crippen LogP contribution in [0.25, 0.3) is 11.0 Å². The number of amides is 1. The molecule has 0 radical (unpaired) electrons. The van der Waals surface area contributed by atoms with Crippen molar-refractivity contribution >= 4 is 40.0 Å². The number of aromatic nitrogens is 2. The molecule has 1 saturated heterocycles. The van der Waals surface area contributed by atoms with E-state index in [1.165, 1.54) is 18.2 Å². The van der Waals surface area contributed by atoms with Crippen molar-refractivity contribution in [1.82, 2.24) is 14.9 Å². The number of hydrogen-bond donors (Lipinski definition) is 2. The average Bonchev–Trinajstić information content (AvgIpc) is 3.18. The van der Waals surface area contributed by atoms with E-state index in [1.54, 1.807) is 24.3 Å². The second kappa shape index (κ2) is 8.91. The third kappa shape index (κ3) is 5.11. The molecule has 2 aromatic carbocycles. The van der Waals surface area contributed by atoms with Gasteiger partial charge in [0.1, 0.15) is 0 Å². The number of nitrogens with one attached hydrogen (secondary N) is 2. The molecule has 1 aromatic heterocycles. The summed E-state index contributed by atoms with van der Waals surface area (Å²) < 4.78 is 38.4. The molecule has 1 aliphatic rings. The van der Waals surface area contributed by atoms with Crippen LogP contribution in [-0.4, -0.2) is 46.2 Å². The van der Waals surface area contributed by atoms with Crippen molar-refractivity contribution in [2.75, 3.05) is 25.0 Å². The smallest absolute Gasteiger partial charge is 0.334 e. The van der Waals surface area contributed by atoms with Crippen molar-refractivity contribution in [3.05, 3.63) is 58.9 Å². The Bertz CT molecular complexity index is 1140. The summed E-state index contributed by atoms with van der Waals surface area (Å²) in [7, 11) is 0. The van der Waals surface area contributed by atoms with E-state index in [0.29, 0.717) is 42.2 Å². The lowest BCUT2D eigenvalue weighted by atomic mass is 9.89. The summed E-state index contributed by atoms with van der Waals surface area (Å²) in [5.74, 6) is -1.37. The summed E-state index contributed by atoms with van der Waals surface area (Å²) in [6, 6.07) is 11.2. The zero-order chi connectivity index (χ0) is 22.9. The average molecular weight is 465 g/mol. The predicted molar refractivity (Wildman–Crippen MR) is 115 cm³/mol. The number of H-pyrrole nitrogens is 1.